The van der Waals surface area contributed by atoms with E-state index in [1.807, 2.05) is 39.0 Å². The highest BCUT2D eigenvalue weighted by molar-refractivity contribution is 5.36. The maximum absolute atomic E-state index is 10.4. The Bertz CT molecular complexity index is 428. The quantitative estimate of drug-likeness (QED) is 0.861. The van der Waals surface area contributed by atoms with E-state index in [1.165, 1.54) is 0 Å². The Kier molecular flexibility index (Phi) is 5.40. The lowest BCUT2D eigenvalue weighted by Crippen LogP contribution is -2.45. The van der Waals surface area contributed by atoms with Gasteiger partial charge < -0.3 is 15.2 Å². The molecule has 1 heterocycles. The van der Waals surface area contributed by atoms with E-state index in [-0.39, 0.29) is 6.10 Å². The van der Waals surface area contributed by atoms with Crippen molar-refractivity contribution in [1.82, 2.24) is 10.2 Å². The molecule has 1 aromatic carbocycles. The van der Waals surface area contributed by atoms with Crippen LogP contribution in [0.15, 0.2) is 18.2 Å². The number of hydrogen-bond acceptors (Lipinski definition) is 4. The van der Waals surface area contributed by atoms with Gasteiger partial charge in [0.25, 0.3) is 0 Å². The highest BCUT2D eigenvalue weighted by Gasteiger charge is 2.17. The zero-order valence-electron chi connectivity index (χ0n) is 12.7. The molecule has 1 unspecified atom stereocenters. The Labute approximate surface area is 121 Å². The third-order valence-corrected chi connectivity index (χ3v) is 3.61. The predicted molar refractivity (Wildman–Crippen MR) is 81.2 cm³/mol. The zero-order valence-corrected chi connectivity index (χ0v) is 12.7. The minimum atomic E-state index is -0.429. The number of ether oxygens (including phenoxy) is 1. The van der Waals surface area contributed by atoms with Crippen molar-refractivity contribution in [2.24, 2.45) is 0 Å². The second kappa shape index (κ2) is 7.07. The van der Waals surface area contributed by atoms with Gasteiger partial charge >= 0.3 is 0 Å². The fourth-order valence-electron chi connectivity index (χ4n) is 2.60. The number of hydrogen-bond donors (Lipinski definition) is 2. The summed E-state index contributed by atoms with van der Waals surface area (Å²) in [6.45, 7) is 10.8. The van der Waals surface area contributed by atoms with Gasteiger partial charge in [-0.25, -0.2) is 0 Å². The molecule has 0 radical (unpaired) electrons. The van der Waals surface area contributed by atoms with E-state index in [9.17, 15) is 5.11 Å². The minimum Gasteiger partial charge on any atom is -0.491 e. The van der Waals surface area contributed by atoms with Crippen LogP contribution in [0.25, 0.3) is 0 Å². The molecule has 0 bridgehead atoms. The fourth-order valence-corrected chi connectivity index (χ4v) is 2.60. The number of nitrogens with one attached hydrogen (secondary N) is 1. The standard InChI is InChI=1S/C16H26N2O2/c1-12(2)20-14-4-5-15(13(3)10-14)16(19)11-18-8-6-17-7-9-18/h4-5,10,12,16-17,19H,6-9,11H2,1-3H3. The van der Waals surface area contributed by atoms with Crippen LogP contribution in [0.2, 0.25) is 0 Å². The van der Waals surface area contributed by atoms with Crippen molar-refractivity contribution in [2.45, 2.75) is 33.0 Å². The number of aliphatic hydroxyl groups is 1. The number of benzene rings is 1. The van der Waals surface area contributed by atoms with Gasteiger partial charge in [-0.15, -0.1) is 0 Å². The molecule has 1 aromatic rings. The van der Waals surface area contributed by atoms with Crippen LogP contribution in [-0.4, -0.2) is 48.8 Å². The first kappa shape index (κ1) is 15.3. The van der Waals surface area contributed by atoms with Crippen LogP contribution >= 0.6 is 0 Å². The second-order valence-electron chi connectivity index (χ2n) is 5.75. The van der Waals surface area contributed by atoms with Crippen molar-refractivity contribution in [3.05, 3.63) is 29.3 Å². The SMILES string of the molecule is Cc1cc(OC(C)C)ccc1C(O)CN1CCNCC1. The van der Waals surface area contributed by atoms with Gasteiger partial charge in [-0.3, -0.25) is 4.90 Å². The first-order chi connectivity index (χ1) is 9.56. The molecule has 0 saturated carbocycles. The molecule has 20 heavy (non-hydrogen) atoms. The third-order valence-electron chi connectivity index (χ3n) is 3.61. The maximum atomic E-state index is 10.4. The lowest BCUT2D eigenvalue weighted by molar-refractivity contribution is 0.105. The van der Waals surface area contributed by atoms with Crippen LogP contribution < -0.4 is 10.1 Å². The summed E-state index contributed by atoms with van der Waals surface area (Å²) >= 11 is 0. The minimum absolute atomic E-state index is 0.172. The molecule has 2 rings (SSSR count). The summed E-state index contributed by atoms with van der Waals surface area (Å²) < 4.78 is 5.68. The Morgan fingerprint density at radius 3 is 2.60 bits per heavy atom. The van der Waals surface area contributed by atoms with Crippen LogP contribution in [0.3, 0.4) is 0 Å². The third kappa shape index (κ3) is 4.20. The Morgan fingerprint density at radius 1 is 1.30 bits per heavy atom. The van der Waals surface area contributed by atoms with Gasteiger partial charge in [0.05, 0.1) is 12.2 Å². The number of rotatable bonds is 5. The molecule has 0 spiro atoms. The molecule has 1 saturated heterocycles. The molecule has 4 heteroatoms. The van der Waals surface area contributed by atoms with Crippen LogP contribution in [0.1, 0.15) is 31.1 Å². The summed E-state index contributed by atoms with van der Waals surface area (Å²) in [4.78, 5) is 2.30. The van der Waals surface area contributed by atoms with Gasteiger partial charge in [0.2, 0.25) is 0 Å². The fraction of sp³-hybridized carbons (Fsp3) is 0.625. The van der Waals surface area contributed by atoms with Gasteiger partial charge in [0, 0.05) is 32.7 Å². The monoisotopic (exact) mass is 278 g/mol. The van der Waals surface area contributed by atoms with Crippen LogP contribution in [-0.2, 0) is 0 Å². The first-order valence-corrected chi connectivity index (χ1v) is 7.44. The molecule has 4 nitrogen and oxygen atoms in total. The van der Waals surface area contributed by atoms with Crippen molar-refractivity contribution < 1.29 is 9.84 Å². The summed E-state index contributed by atoms with van der Waals surface area (Å²) in [7, 11) is 0. The number of aliphatic hydroxyl groups excluding tert-OH is 1. The molecular formula is C16H26N2O2. The van der Waals surface area contributed by atoms with Gasteiger partial charge in [0.15, 0.2) is 0 Å². The molecule has 0 amide bonds. The average Bonchev–Trinajstić information content (AvgIpc) is 2.39. The molecule has 0 aliphatic carbocycles. The molecule has 112 valence electrons. The largest absolute Gasteiger partial charge is 0.491 e. The molecule has 1 atom stereocenters. The average molecular weight is 278 g/mol. The topological polar surface area (TPSA) is 44.7 Å². The van der Waals surface area contributed by atoms with Crippen molar-refractivity contribution >= 4 is 0 Å². The normalized spacial score (nSPS) is 18.2. The lowest BCUT2D eigenvalue weighted by Gasteiger charge is -2.29. The Morgan fingerprint density at radius 2 is 2.00 bits per heavy atom. The molecular weight excluding hydrogens is 252 g/mol. The summed E-state index contributed by atoms with van der Waals surface area (Å²) in [5.41, 5.74) is 2.09. The highest BCUT2D eigenvalue weighted by Crippen LogP contribution is 2.24. The van der Waals surface area contributed by atoms with Gasteiger partial charge in [-0.1, -0.05) is 6.07 Å². The van der Waals surface area contributed by atoms with E-state index in [0.717, 1.165) is 43.1 Å². The van der Waals surface area contributed by atoms with E-state index >= 15 is 0 Å². The highest BCUT2D eigenvalue weighted by atomic mass is 16.5. The lowest BCUT2D eigenvalue weighted by atomic mass is 10.0. The van der Waals surface area contributed by atoms with Crippen molar-refractivity contribution in [3.8, 4) is 5.75 Å². The maximum Gasteiger partial charge on any atom is 0.119 e. The molecule has 0 aromatic heterocycles. The summed E-state index contributed by atoms with van der Waals surface area (Å²) in [5.74, 6) is 0.871. The summed E-state index contributed by atoms with van der Waals surface area (Å²) in [6.07, 6.45) is -0.257. The predicted octanol–water partition coefficient (Wildman–Crippen LogP) is 1.72. The van der Waals surface area contributed by atoms with Crippen LogP contribution in [0, 0.1) is 6.92 Å². The van der Waals surface area contributed by atoms with Gasteiger partial charge in [-0.2, -0.15) is 0 Å². The van der Waals surface area contributed by atoms with Gasteiger partial charge in [0.1, 0.15) is 5.75 Å². The van der Waals surface area contributed by atoms with E-state index in [0.29, 0.717) is 6.54 Å². The Balaban J connectivity index is 2.00. The molecule has 1 fully saturated rings. The van der Waals surface area contributed by atoms with Crippen molar-refractivity contribution in [2.75, 3.05) is 32.7 Å². The smallest absolute Gasteiger partial charge is 0.119 e. The number of piperazine rings is 1. The number of nitrogens with zero attached hydrogens (tertiary/aromatic N) is 1. The van der Waals surface area contributed by atoms with Crippen LogP contribution in [0.5, 0.6) is 5.75 Å². The van der Waals surface area contributed by atoms with E-state index < -0.39 is 6.10 Å². The second-order valence-corrected chi connectivity index (χ2v) is 5.75. The van der Waals surface area contributed by atoms with E-state index in [1.54, 1.807) is 0 Å². The van der Waals surface area contributed by atoms with Crippen molar-refractivity contribution in [3.63, 3.8) is 0 Å². The summed E-state index contributed by atoms with van der Waals surface area (Å²) in [5, 5.41) is 13.7. The molecule has 2 N–H and O–H groups in total. The number of aryl methyl sites for hydroxylation is 1. The van der Waals surface area contributed by atoms with E-state index in [4.69, 9.17) is 4.74 Å². The summed E-state index contributed by atoms with van der Waals surface area (Å²) in [6, 6.07) is 5.94. The first-order valence-electron chi connectivity index (χ1n) is 7.44. The number of β-amino-alcohol motifs (C(OH)–C–C–N with tert-alkyl or cyclic N) is 1. The van der Waals surface area contributed by atoms with Crippen molar-refractivity contribution in [1.29, 1.82) is 0 Å². The zero-order chi connectivity index (χ0) is 14.5. The van der Waals surface area contributed by atoms with Crippen LogP contribution in [0.4, 0.5) is 0 Å². The van der Waals surface area contributed by atoms with E-state index in [2.05, 4.69) is 10.2 Å². The van der Waals surface area contributed by atoms with Gasteiger partial charge in [-0.05, 0) is 44.0 Å². The Hall–Kier alpha value is -1.10. The molecule has 1 aliphatic heterocycles. The molecule has 1 aliphatic rings.